The second-order valence-corrected chi connectivity index (χ2v) is 6.44. The first-order valence-electron chi connectivity index (χ1n) is 9.49. The molecule has 1 amide bonds. The van der Waals surface area contributed by atoms with Crippen molar-refractivity contribution in [1.82, 2.24) is 4.98 Å². The predicted octanol–water partition coefficient (Wildman–Crippen LogP) is 4.58. The topological polar surface area (TPSA) is 77.5 Å². The van der Waals surface area contributed by atoms with Gasteiger partial charge in [-0.3, -0.25) is 9.59 Å². The lowest BCUT2D eigenvalue weighted by molar-refractivity contribution is -0.134. The molecule has 0 atom stereocenters. The van der Waals surface area contributed by atoms with E-state index < -0.39 is 0 Å². The van der Waals surface area contributed by atoms with E-state index in [-0.39, 0.29) is 24.9 Å². The van der Waals surface area contributed by atoms with E-state index in [1.54, 1.807) is 24.4 Å². The number of ether oxygens (including phenoxy) is 2. The highest BCUT2D eigenvalue weighted by Gasteiger charge is 2.05. The fraction of sp³-hybridized carbons (Fsp3) is 0.125. The third-order valence-electron chi connectivity index (χ3n) is 3.99. The first-order chi connectivity index (χ1) is 14.6. The Morgan fingerprint density at radius 1 is 0.933 bits per heavy atom. The third kappa shape index (κ3) is 6.91. The fourth-order valence-corrected chi connectivity index (χ4v) is 2.59. The van der Waals surface area contributed by atoms with Crippen molar-refractivity contribution in [3.05, 3.63) is 84.1 Å². The van der Waals surface area contributed by atoms with Gasteiger partial charge in [0.25, 0.3) is 0 Å². The van der Waals surface area contributed by atoms with E-state index in [2.05, 4.69) is 10.3 Å². The molecule has 0 aliphatic rings. The molecule has 2 aromatic carbocycles. The van der Waals surface area contributed by atoms with E-state index in [0.717, 1.165) is 16.9 Å². The number of aromatic nitrogens is 1. The Morgan fingerprint density at radius 3 is 2.40 bits per heavy atom. The van der Waals surface area contributed by atoms with Gasteiger partial charge in [0.05, 0.1) is 13.0 Å². The fourth-order valence-electron chi connectivity index (χ4n) is 2.59. The maximum atomic E-state index is 12.0. The Morgan fingerprint density at radius 2 is 1.67 bits per heavy atom. The molecule has 0 saturated heterocycles. The lowest BCUT2D eigenvalue weighted by atomic mass is 10.1. The summed E-state index contributed by atoms with van der Waals surface area (Å²) in [6.45, 7) is 1.70. The first-order valence-corrected chi connectivity index (χ1v) is 9.49. The molecule has 3 rings (SSSR count). The van der Waals surface area contributed by atoms with Crippen molar-refractivity contribution >= 4 is 29.8 Å². The number of anilines is 1. The van der Waals surface area contributed by atoms with Gasteiger partial charge in [-0.2, -0.15) is 0 Å². The molecule has 1 heterocycles. The van der Waals surface area contributed by atoms with E-state index in [1.807, 2.05) is 60.7 Å². The summed E-state index contributed by atoms with van der Waals surface area (Å²) in [5.41, 5.74) is 1.85. The molecule has 6 heteroatoms. The molecule has 0 aliphatic carbocycles. The summed E-state index contributed by atoms with van der Waals surface area (Å²) in [5, 5.41) is 2.65. The largest absolute Gasteiger partial charge is 0.493 e. The van der Waals surface area contributed by atoms with Crippen LogP contribution in [-0.4, -0.2) is 23.5 Å². The predicted molar refractivity (Wildman–Crippen MR) is 116 cm³/mol. The molecule has 0 radical (unpaired) electrons. The summed E-state index contributed by atoms with van der Waals surface area (Å²) in [6, 6.07) is 20.1. The quantitative estimate of drug-likeness (QED) is 0.441. The van der Waals surface area contributed by atoms with E-state index >= 15 is 0 Å². The van der Waals surface area contributed by atoms with Gasteiger partial charge in [0, 0.05) is 13.1 Å². The molecule has 0 spiro atoms. The van der Waals surface area contributed by atoms with Gasteiger partial charge in [0.15, 0.2) is 0 Å². The minimum absolute atomic E-state index is 0.162. The molecule has 152 valence electrons. The first kappa shape index (κ1) is 20.8. The Balaban J connectivity index is 1.49. The van der Waals surface area contributed by atoms with Crippen molar-refractivity contribution in [2.24, 2.45) is 0 Å². The number of esters is 1. The van der Waals surface area contributed by atoms with Gasteiger partial charge < -0.3 is 14.8 Å². The lowest BCUT2D eigenvalue weighted by Crippen LogP contribution is -2.12. The molecule has 3 aromatic rings. The highest BCUT2D eigenvalue weighted by molar-refractivity contribution is 5.88. The molecule has 0 fully saturated rings. The van der Waals surface area contributed by atoms with Crippen molar-refractivity contribution < 1.29 is 19.1 Å². The van der Waals surface area contributed by atoms with Crippen LogP contribution >= 0.6 is 0 Å². The van der Waals surface area contributed by atoms with E-state index in [9.17, 15) is 9.59 Å². The molecule has 6 nitrogen and oxygen atoms in total. The normalized spacial score (nSPS) is 10.6. The summed E-state index contributed by atoms with van der Waals surface area (Å²) in [7, 11) is 0. The van der Waals surface area contributed by atoms with Crippen LogP contribution in [0.4, 0.5) is 5.82 Å². The Labute approximate surface area is 175 Å². The average Bonchev–Trinajstić information content (AvgIpc) is 2.74. The number of carbonyl (C=O) groups excluding carboxylic acids is 2. The van der Waals surface area contributed by atoms with Gasteiger partial charge in [-0.05, 0) is 47.5 Å². The molecular formula is C24H22N2O4. The molecular weight excluding hydrogens is 380 g/mol. The SMILES string of the molecule is CC(=O)Nc1cc(/C=C/c2ccc(OC(=O)CCOc3ccccc3)cc2)ccn1. The zero-order valence-corrected chi connectivity index (χ0v) is 16.6. The number of hydrogen-bond donors (Lipinski definition) is 1. The van der Waals surface area contributed by atoms with Crippen molar-refractivity contribution in [3.63, 3.8) is 0 Å². The summed E-state index contributed by atoms with van der Waals surface area (Å²) >= 11 is 0. The monoisotopic (exact) mass is 402 g/mol. The van der Waals surface area contributed by atoms with Crippen LogP contribution in [0.2, 0.25) is 0 Å². The van der Waals surface area contributed by atoms with Gasteiger partial charge in [-0.25, -0.2) is 4.98 Å². The second kappa shape index (κ2) is 10.6. The standard InChI is InChI=1S/C24H22N2O4/c1-18(27)26-23-17-20(13-15-25-23)8-7-19-9-11-22(12-10-19)30-24(28)14-16-29-21-5-3-2-4-6-21/h2-13,15,17H,14,16H2,1H3,(H,25,26,27)/b8-7+. The number of carbonyl (C=O) groups is 2. The van der Waals surface area contributed by atoms with Gasteiger partial charge in [0.2, 0.25) is 5.91 Å². The van der Waals surface area contributed by atoms with Crippen LogP contribution < -0.4 is 14.8 Å². The van der Waals surface area contributed by atoms with E-state index in [4.69, 9.17) is 9.47 Å². The van der Waals surface area contributed by atoms with Gasteiger partial charge >= 0.3 is 5.97 Å². The zero-order valence-electron chi connectivity index (χ0n) is 16.6. The van der Waals surface area contributed by atoms with Crippen molar-refractivity contribution in [2.75, 3.05) is 11.9 Å². The van der Waals surface area contributed by atoms with Gasteiger partial charge in [-0.1, -0.05) is 42.5 Å². The number of amides is 1. The van der Waals surface area contributed by atoms with Gasteiger partial charge in [0.1, 0.15) is 17.3 Å². The van der Waals surface area contributed by atoms with E-state index in [0.29, 0.717) is 11.6 Å². The lowest BCUT2D eigenvalue weighted by Gasteiger charge is -2.07. The number of hydrogen-bond acceptors (Lipinski definition) is 5. The number of nitrogens with one attached hydrogen (secondary N) is 1. The molecule has 0 saturated carbocycles. The van der Waals surface area contributed by atoms with Crippen LogP contribution in [0.3, 0.4) is 0 Å². The van der Waals surface area contributed by atoms with Gasteiger partial charge in [-0.15, -0.1) is 0 Å². The highest BCUT2D eigenvalue weighted by atomic mass is 16.5. The molecule has 30 heavy (non-hydrogen) atoms. The van der Waals surface area contributed by atoms with Crippen molar-refractivity contribution in [1.29, 1.82) is 0 Å². The van der Waals surface area contributed by atoms with Crippen LogP contribution in [0.25, 0.3) is 12.2 Å². The maximum Gasteiger partial charge on any atom is 0.314 e. The number of nitrogens with zero attached hydrogens (tertiary/aromatic N) is 1. The molecule has 1 aromatic heterocycles. The second-order valence-electron chi connectivity index (χ2n) is 6.44. The molecule has 0 aliphatic heterocycles. The number of rotatable bonds is 8. The van der Waals surface area contributed by atoms with Crippen molar-refractivity contribution in [3.8, 4) is 11.5 Å². The van der Waals surface area contributed by atoms with Crippen LogP contribution in [0.5, 0.6) is 11.5 Å². The summed E-state index contributed by atoms with van der Waals surface area (Å²) in [4.78, 5) is 27.2. The van der Waals surface area contributed by atoms with E-state index in [1.165, 1.54) is 6.92 Å². The minimum atomic E-state index is -0.350. The smallest absolute Gasteiger partial charge is 0.314 e. The third-order valence-corrected chi connectivity index (χ3v) is 3.99. The highest BCUT2D eigenvalue weighted by Crippen LogP contribution is 2.16. The summed E-state index contributed by atoms with van der Waals surface area (Å²) in [6.07, 6.45) is 5.63. The Kier molecular flexibility index (Phi) is 7.33. The van der Waals surface area contributed by atoms with Crippen LogP contribution in [0.1, 0.15) is 24.5 Å². The zero-order chi connectivity index (χ0) is 21.2. The Bertz CT molecular complexity index is 1010. The molecule has 1 N–H and O–H groups in total. The summed E-state index contributed by atoms with van der Waals surface area (Å²) in [5.74, 6) is 1.19. The minimum Gasteiger partial charge on any atom is -0.493 e. The maximum absolute atomic E-state index is 12.0. The average molecular weight is 402 g/mol. The number of para-hydroxylation sites is 1. The summed E-state index contributed by atoms with van der Waals surface area (Å²) < 4.78 is 10.8. The van der Waals surface area contributed by atoms with Crippen LogP contribution in [0, 0.1) is 0 Å². The van der Waals surface area contributed by atoms with Crippen LogP contribution in [-0.2, 0) is 9.59 Å². The Hall–Kier alpha value is -3.93. The van der Waals surface area contributed by atoms with Crippen LogP contribution in [0.15, 0.2) is 72.9 Å². The van der Waals surface area contributed by atoms with Crippen molar-refractivity contribution in [2.45, 2.75) is 13.3 Å². The molecule has 0 bridgehead atoms. The number of benzene rings is 2. The number of pyridine rings is 1. The molecule has 0 unspecified atom stereocenters.